The summed E-state index contributed by atoms with van der Waals surface area (Å²) in [4.78, 5) is 19.9. The highest BCUT2D eigenvalue weighted by atomic mass is 16.4. The molecule has 0 bridgehead atoms. The number of rotatable bonds is 17. The van der Waals surface area contributed by atoms with Crippen LogP contribution < -0.4 is 0 Å². The van der Waals surface area contributed by atoms with Crippen molar-refractivity contribution in [2.24, 2.45) is 0 Å². The van der Waals surface area contributed by atoms with E-state index in [1.807, 2.05) is 0 Å². The van der Waals surface area contributed by atoms with Crippen LogP contribution in [0.5, 0.6) is 0 Å². The Bertz CT molecular complexity index is 502. The molecule has 168 valence electrons. The summed E-state index contributed by atoms with van der Waals surface area (Å²) in [6.45, 7) is 10.5. The highest BCUT2D eigenvalue weighted by Gasteiger charge is 2.65. The maximum Gasteiger partial charge on any atom is 0.340 e. The van der Waals surface area contributed by atoms with Gasteiger partial charge in [-0.3, -0.25) is 14.7 Å². The van der Waals surface area contributed by atoms with Gasteiger partial charge in [0.25, 0.3) is 0 Å². The van der Waals surface area contributed by atoms with Crippen molar-refractivity contribution in [1.82, 2.24) is 14.7 Å². The van der Waals surface area contributed by atoms with Crippen LogP contribution in [0.25, 0.3) is 0 Å². The second kappa shape index (κ2) is 10.6. The normalized spacial score (nSPS) is 34.6. The molecule has 6 atom stereocenters. The second-order valence-corrected chi connectivity index (χ2v) is 9.80. The fourth-order valence-corrected chi connectivity index (χ4v) is 5.28. The van der Waals surface area contributed by atoms with Gasteiger partial charge >= 0.3 is 5.97 Å². The van der Waals surface area contributed by atoms with Gasteiger partial charge in [0.1, 0.15) is 0 Å². The molecule has 0 spiro atoms. The summed E-state index contributed by atoms with van der Waals surface area (Å²) in [5, 5.41) is 10.5. The molecule has 1 N–H and O–H groups in total. The lowest BCUT2D eigenvalue weighted by atomic mass is 10.1. The van der Waals surface area contributed by atoms with Crippen molar-refractivity contribution in [1.29, 1.82) is 0 Å². The molecule has 0 aromatic heterocycles. The SMILES string of the molecule is CCCCCC1CN1CC(C(=O)O)(N1CC1CCCCC)N1CC1CCCCC. The summed E-state index contributed by atoms with van der Waals surface area (Å²) < 4.78 is 0. The fourth-order valence-electron chi connectivity index (χ4n) is 5.28. The zero-order chi connectivity index (χ0) is 20.9. The lowest BCUT2D eigenvalue weighted by molar-refractivity contribution is -0.156. The standard InChI is InChI=1S/C24H45N3O2/c1-4-7-10-13-20-16-25(20)19-24(23(28)29,26-17-21(26)14-11-8-5-2)27-18-22(27)15-12-9-6-3/h20-22H,4-19H2,1-3H3,(H,28,29). The van der Waals surface area contributed by atoms with Crippen molar-refractivity contribution < 1.29 is 9.90 Å². The predicted octanol–water partition coefficient (Wildman–Crippen LogP) is 4.56. The predicted molar refractivity (Wildman–Crippen MR) is 119 cm³/mol. The van der Waals surface area contributed by atoms with Crippen LogP contribution in [0, 0.1) is 0 Å². The van der Waals surface area contributed by atoms with E-state index in [9.17, 15) is 9.90 Å². The highest BCUT2D eigenvalue weighted by Crippen LogP contribution is 2.45. The number of carbonyl (C=O) groups is 1. The molecule has 3 rings (SSSR count). The zero-order valence-electron chi connectivity index (χ0n) is 19.2. The van der Waals surface area contributed by atoms with Gasteiger partial charge in [-0.05, 0) is 19.3 Å². The minimum Gasteiger partial charge on any atom is -0.479 e. The molecule has 0 saturated carbocycles. The maximum atomic E-state index is 12.8. The van der Waals surface area contributed by atoms with E-state index in [0.717, 1.165) is 32.5 Å². The van der Waals surface area contributed by atoms with E-state index < -0.39 is 11.6 Å². The van der Waals surface area contributed by atoms with Crippen LogP contribution in [0.15, 0.2) is 0 Å². The average Bonchev–Trinajstić information content (AvgIpc) is 3.56. The molecule has 3 aliphatic rings. The summed E-state index contributed by atoms with van der Waals surface area (Å²) in [6.07, 6.45) is 14.9. The van der Waals surface area contributed by atoms with Crippen LogP contribution in [-0.2, 0) is 4.79 Å². The van der Waals surface area contributed by atoms with Gasteiger partial charge in [0.15, 0.2) is 5.66 Å². The van der Waals surface area contributed by atoms with Crippen molar-refractivity contribution in [2.75, 3.05) is 26.2 Å². The summed E-state index contributed by atoms with van der Waals surface area (Å²) in [7, 11) is 0. The first-order valence-electron chi connectivity index (χ1n) is 12.6. The van der Waals surface area contributed by atoms with Gasteiger partial charge in [-0.15, -0.1) is 0 Å². The third kappa shape index (κ3) is 5.74. The third-order valence-corrected chi connectivity index (χ3v) is 7.40. The lowest BCUT2D eigenvalue weighted by Crippen LogP contribution is -2.59. The Balaban J connectivity index is 1.62. The number of carboxylic acids is 1. The third-order valence-electron chi connectivity index (χ3n) is 7.40. The molecule has 29 heavy (non-hydrogen) atoms. The topological polar surface area (TPSA) is 46.3 Å². The first-order valence-corrected chi connectivity index (χ1v) is 12.6. The molecule has 3 heterocycles. The Labute approximate surface area is 178 Å². The number of hydrogen-bond acceptors (Lipinski definition) is 4. The minimum absolute atomic E-state index is 0.480. The number of unbranched alkanes of at least 4 members (excludes halogenated alkanes) is 6. The quantitative estimate of drug-likeness (QED) is 0.283. The smallest absolute Gasteiger partial charge is 0.340 e. The van der Waals surface area contributed by atoms with Gasteiger partial charge in [-0.2, -0.15) is 0 Å². The molecule has 3 saturated heterocycles. The van der Waals surface area contributed by atoms with Crippen LogP contribution >= 0.6 is 0 Å². The van der Waals surface area contributed by atoms with E-state index in [1.54, 1.807) is 0 Å². The monoisotopic (exact) mass is 407 g/mol. The summed E-state index contributed by atoms with van der Waals surface area (Å²) >= 11 is 0. The molecule has 3 aliphatic heterocycles. The molecular formula is C24H45N3O2. The Hall–Kier alpha value is -0.650. The van der Waals surface area contributed by atoms with Gasteiger partial charge in [-0.1, -0.05) is 78.6 Å². The van der Waals surface area contributed by atoms with Crippen molar-refractivity contribution in [3.05, 3.63) is 0 Å². The van der Waals surface area contributed by atoms with E-state index in [2.05, 4.69) is 35.5 Å². The van der Waals surface area contributed by atoms with E-state index in [1.165, 1.54) is 64.2 Å². The molecule has 0 aromatic carbocycles. The number of aliphatic carboxylic acids is 1. The molecule has 0 aliphatic carbocycles. The van der Waals surface area contributed by atoms with Crippen LogP contribution in [0.3, 0.4) is 0 Å². The average molecular weight is 408 g/mol. The molecule has 5 nitrogen and oxygen atoms in total. The molecule has 5 heteroatoms. The van der Waals surface area contributed by atoms with Crippen molar-refractivity contribution in [2.45, 2.75) is 122 Å². The molecule has 0 radical (unpaired) electrons. The molecule has 3 fully saturated rings. The van der Waals surface area contributed by atoms with Gasteiger partial charge in [0, 0.05) is 44.3 Å². The summed E-state index contributed by atoms with van der Waals surface area (Å²) in [5.41, 5.74) is -0.771. The van der Waals surface area contributed by atoms with Crippen molar-refractivity contribution >= 4 is 5.97 Å². The Morgan fingerprint density at radius 3 is 1.62 bits per heavy atom. The molecule has 6 unspecified atom stereocenters. The van der Waals surface area contributed by atoms with E-state index in [4.69, 9.17) is 0 Å². The van der Waals surface area contributed by atoms with Gasteiger partial charge in [-0.25, -0.2) is 4.79 Å². The highest BCUT2D eigenvalue weighted by molar-refractivity contribution is 5.80. The molecule has 0 amide bonds. The van der Waals surface area contributed by atoms with E-state index in [0.29, 0.717) is 24.7 Å². The van der Waals surface area contributed by atoms with Crippen LogP contribution in [0.4, 0.5) is 0 Å². The maximum absolute atomic E-state index is 12.8. The van der Waals surface area contributed by atoms with Gasteiger partial charge < -0.3 is 5.11 Å². The summed E-state index contributed by atoms with van der Waals surface area (Å²) in [6, 6.07) is 1.58. The van der Waals surface area contributed by atoms with E-state index in [-0.39, 0.29) is 0 Å². The first kappa shape index (κ1) is 23.0. The van der Waals surface area contributed by atoms with Gasteiger partial charge in [0.2, 0.25) is 0 Å². The molecular weight excluding hydrogens is 362 g/mol. The largest absolute Gasteiger partial charge is 0.479 e. The first-order chi connectivity index (χ1) is 14.1. The van der Waals surface area contributed by atoms with Gasteiger partial charge in [0.05, 0.1) is 0 Å². The Morgan fingerprint density at radius 2 is 1.21 bits per heavy atom. The Morgan fingerprint density at radius 1 is 0.759 bits per heavy atom. The van der Waals surface area contributed by atoms with Crippen LogP contribution in [0.2, 0.25) is 0 Å². The minimum atomic E-state index is -0.771. The number of nitrogens with zero attached hydrogens (tertiary/aromatic N) is 3. The van der Waals surface area contributed by atoms with Crippen molar-refractivity contribution in [3.63, 3.8) is 0 Å². The zero-order valence-corrected chi connectivity index (χ0v) is 19.2. The number of hydrogen-bond donors (Lipinski definition) is 1. The van der Waals surface area contributed by atoms with Crippen LogP contribution in [0.1, 0.15) is 97.8 Å². The fraction of sp³-hybridized carbons (Fsp3) is 0.958. The number of carboxylic acid groups (broad SMARTS) is 1. The second-order valence-electron chi connectivity index (χ2n) is 9.80. The summed E-state index contributed by atoms with van der Waals surface area (Å²) in [5.74, 6) is -0.604. The Kier molecular flexibility index (Phi) is 8.41. The van der Waals surface area contributed by atoms with E-state index >= 15 is 0 Å². The molecule has 0 aromatic rings. The van der Waals surface area contributed by atoms with Crippen LogP contribution in [-0.4, -0.2) is 75.7 Å². The van der Waals surface area contributed by atoms with Crippen molar-refractivity contribution in [3.8, 4) is 0 Å². The lowest BCUT2D eigenvalue weighted by Gasteiger charge is -2.35.